The van der Waals surface area contributed by atoms with Gasteiger partial charge in [0.15, 0.2) is 0 Å². The average Bonchev–Trinajstić information content (AvgIpc) is 3.41. The molecule has 1 aromatic heterocycles. The molecule has 2 N–H and O–H groups in total. The Kier molecular flexibility index (Phi) is 5.95. The third-order valence-corrected chi connectivity index (χ3v) is 7.83. The van der Waals surface area contributed by atoms with Crippen LogP contribution in [0.15, 0.2) is 72.8 Å². The second-order valence-corrected chi connectivity index (χ2v) is 10.3. The van der Waals surface area contributed by atoms with Gasteiger partial charge in [-0.25, -0.2) is 9.69 Å². The van der Waals surface area contributed by atoms with Gasteiger partial charge in [0.2, 0.25) is 0 Å². The van der Waals surface area contributed by atoms with Crippen molar-refractivity contribution in [2.75, 3.05) is 4.90 Å². The number of fused-ring (bicyclic) bond motifs is 4. The van der Waals surface area contributed by atoms with Crippen molar-refractivity contribution in [3.8, 4) is 0 Å². The molecular weight excluding hydrogens is 500 g/mol. The number of halogens is 1. The van der Waals surface area contributed by atoms with Gasteiger partial charge in [-0.15, -0.1) is 0 Å². The van der Waals surface area contributed by atoms with Crippen LogP contribution in [0.4, 0.5) is 10.5 Å². The van der Waals surface area contributed by atoms with E-state index in [4.69, 9.17) is 11.6 Å². The van der Waals surface area contributed by atoms with Gasteiger partial charge in [0.25, 0.3) is 11.8 Å². The van der Waals surface area contributed by atoms with Crippen molar-refractivity contribution in [1.82, 2.24) is 15.2 Å². The molecule has 7 nitrogen and oxygen atoms in total. The van der Waals surface area contributed by atoms with Gasteiger partial charge in [0.1, 0.15) is 12.1 Å². The summed E-state index contributed by atoms with van der Waals surface area (Å²) in [5.41, 5.74) is 4.22. The van der Waals surface area contributed by atoms with Crippen LogP contribution in [-0.4, -0.2) is 39.8 Å². The molecule has 6 rings (SSSR count). The fraction of sp³-hybridized carbons (Fsp3) is 0.233. The molecule has 8 heteroatoms. The summed E-state index contributed by atoms with van der Waals surface area (Å²) in [6.07, 6.45) is 1.14. The van der Waals surface area contributed by atoms with Gasteiger partial charge in [-0.05, 0) is 54.8 Å². The number of hydrogen-bond acceptors (Lipinski definition) is 3. The number of benzene rings is 3. The van der Waals surface area contributed by atoms with E-state index in [1.54, 1.807) is 35.2 Å². The summed E-state index contributed by atoms with van der Waals surface area (Å²) in [4.78, 5) is 47.6. The molecule has 0 bridgehead atoms. The van der Waals surface area contributed by atoms with Crippen molar-refractivity contribution in [1.29, 1.82) is 0 Å². The van der Waals surface area contributed by atoms with Crippen molar-refractivity contribution in [2.24, 2.45) is 0 Å². The molecule has 4 aromatic rings. The molecule has 0 saturated carbocycles. The molecule has 1 saturated heterocycles. The Balaban J connectivity index is 1.48. The number of nitrogens with zero attached hydrogens (tertiary/aromatic N) is 2. The highest BCUT2D eigenvalue weighted by Gasteiger charge is 2.53. The van der Waals surface area contributed by atoms with E-state index >= 15 is 0 Å². The number of urea groups is 1. The van der Waals surface area contributed by atoms with Gasteiger partial charge in [-0.2, -0.15) is 0 Å². The summed E-state index contributed by atoms with van der Waals surface area (Å²) < 4.78 is 0. The van der Waals surface area contributed by atoms with Gasteiger partial charge in [-0.3, -0.25) is 14.5 Å². The first-order valence-corrected chi connectivity index (χ1v) is 13.2. The van der Waals surface area contributed by atoms with Gasteiger partial charge in [-0.1, -0.05) is 61.0 Å². The number of hydrogen-bond donors (Lipinski definition) is 2. The topological polar surface area (TPSA) is 85.5 Å². The lowest BCUT2D eigenvalue weighted by molar-refractivity contribution is -0.120. The average molecular weight is 527 g/mol. The predicted molar refractivity (Wildman–Crippen MR) is 147 cm³/mol. The Morgan fingerprint density at radius 1 is 1.08 bits per heavy atom. The number of H-pyrrole nitrogens is 1. The molecule has 3 heterocycles. The number of para-hydroxylation sites is 2. The summed E-state index contributed by atoms with van der Waals surface area (Å²) in [6.45, 7) is 3.90. The molecular formula is C30H27ClN4O3. The van der Waals surface area contributed by atoms with Crippen LogP contribution in [0, 0.1) is 0 Å². The Morgan fingerprint density at radius 3 is 2.63 bits per heavy atom. The van der Waals surface area contributed by atoms with E-state index in [0.29, 0.717) is 11.4 Å². The van der Waals surface area contributed by atoms with Crippen LogP contribution >= 0.6 is 11.6 Å². The Hall–Kier alpha value is -4.10. The molecule has 0 spiro atoms. The zero-order valence-corrected chi connectivity index (χ0v) is 21.8. The van der Waals surface area contributed by atoms with Crippen LogP contribution < -0.4 is 10.2 Å². The molecule has 0 aliphatic carbocycles. The number of nitrogens with one attached hydrogen (secondary N) is 2. The number of amides is 4. The highest BCUT2D eigenvalue weighted by Crippen LogP contribution is 2.45. The third kappa shape index (κ3) is 3.77. The number of rotatable bonds is 5. The van der Waals surface area contributed by atoms with Gasteiger partial charge in [0, 0.05) is 34.1 Å². The van der Waals surface area contributed by atoms with Crippen molar-refractivity contribution in [3.05, 3.63) is 100 Å². The molecule has 1 fully saturated rings. The first-order valence-electron chi connectivity index (χ1n) is 12.8. The Morgan fingerprint density at radius 2 is 1.84 bits per heavy atom. The maximum Gasteiger partial charge on any atom is 0.332 e. The number of aromatic amines is 1. The molecule has 38 heavy (non-hydrogen) atoms. The Labute approximate surface area is 225 Å². The quantitative estimate of drug-likeness (QED) is 0.321. The Bertz CT molecular complexity index is 1600. The number of imide groups is 1. The number of anilines is 1. The third-order valence-electron chi connectivity index (χ3n) is 7.59. The lowest BCUT2D eigenvalue weighted by Gasteiger charge is -2.36. The van der Waals surface area contributed by atoms with Gasteiger partial charge in [0.05, 0.1) is 11.3 Å². The van der Waals surface area contributed by atoms with Crippen molar-refractivity contribution in [2.45, 2.75) is 44.8 Å². The first-order chi connectivity index (χ1) is 18.4. The summed E-state index contributed by atoms with van der Waals surface area (Å²) in [5, 5.41) is 4.53. The van der Waals surface area contributed by atoms with E-state index in [1.165, 1.54) is 4.90 Å². The molecule has 3 aromatic carbocycles. The monoisotopic (exact) mass is 526 g/mol. The zero-order valence-electron chi connectivity index (χ0n) is 21.1. The van der Waals surface area contributed by atoms with Crippen LogP contribution in [-0.2, 0) is 11.2 Å². The van der Waals surface area contributed by atoms with Crippen molar-refractivity contribution >= 4 is 46.0 Å². The van der Waals surface area contributed by atoms with E-state index < -0.39 is 18.1 Å². The van der Waals surface area contributed by atoms with Crippen LogP contribution in [0.1, 0.15) is 53.5 Å². The number of aromatic nitrogens is 1. The molecule has 0 radical (unpaired) electrons. The van der Waals surface area contributed by atoms with Crippen molar-refractivity contribution in [3.63, 3.8) is 0 Å². The van der Waals surface area contributed by atoms with Gasteiger partial charge >= 0.3 is 6.03 Å². The lowest BCUT2D eigenvalue weighted by Crippen LogP contribution is -2.44. The van der Waals surface area contributed by atoms with Crippen LogP contribution in [0.25, 0.3) is 10.9 Å². The highest BCUT2D eigenvalue weighted by atomic mass is 35.5. The fourth-order valence-electron chi connectivity index (χ4n) is 5.58. The van der Waals surface area contributed by atoms with E-state index in [0.717, 1.165) is 34.1 Å². The molecule has 2 aliphatic heterocycles. The SMILES string of the molecule is CC[C@H](C)NC(=O)c1ccccc1N1C(=O)[C@@H]2Cc3c([nH]c4ccccc34)[C@H](c3cccc(Cl)c3)N2C1=O. The van der Waals surface area contributed by atoms with Crippen molar-refractivity contribution < 1.29 is 14.4 Å². The molecule has 4 amide bonds. The second kappa shape index (κ2) is 9.33. The minimum Gasteiger partial charge on any atom is -0.356 e. The normalized spacial score (nSPS) is 19.4. The van der Waals surface area contributed by atoms with Crippen LogP contribution in [0.3, 0.4) is 0 Å². The lowest BCUT2D eigenvalue weighted by atomic mass is 9.89. The van der Waals surface area contributed by atoms with E-state index in [9.17, 15) is 14.4 Å². The largest absolute Gasteiger partial charge is 0.356 e. The minimum atomic E-state index is -0.719. The standard InChI is InChI=1S/C30H27ClN4O3/c1-3-17(2)32-28(36)21-12-5-7-14-24(21)35-29(37)25-16-22-20-11-4-6-13-23(20)33-26(22)27(34(25)30(35)38)18-9-8-10-19(31)15-18/h4-15,17,25,27,33H,3,16H2,1-2H3,(H,32,36)/t17-,25-,27-/m0/s1. The first kappa shape index (κ1) is 24.2. The summed E-state index contributed by atoms with van der Waals surface area (Å²) in [7, 11) is 0. The second-order valence-electron chi connectivity index (χ2n) is 9.90. The number of carbonyl (C=O) groups is 3. The zero-order chi connectivity index (χ0) is 26.6. The molecule has 192 valence electrons. The maximum atomic E-state index is 14.1. The van der Waals surface area contributed by atoms with E-state index in [-0.39, 0.29) is 29.1 Å². The maximum absolute atomic E-state index is 14.1. The van der Waals surface area contributed by atoms with E-state index in [1.807, 2.05) is 56.3 Å². The van der Waals surface area contributed by atoms with Crippen LogP contribution in [0.5, 0.6) is 0 Å². The van der Waals surface area contributed by atoms with Gasteiger partial charge < -0.3 is 10.3 Å². The highest BCUT2D eigenvalue weighted by molar-refractivity contribution is 6.30. The molecule has 3 atom stereocenters. The number of carbonyl (C=O) groups excluding carboxylic acids is 3. The molecule has 0 unspecified atom stereocenters. The summed E-state index contributed by atoms with van der Waals surface area (Å²) in [6, 6.07) is 20.3. The van der Waals surface area contributed by atoms with Crippen LogP contribution in [0.2, 0.25) is 5.02 Å². The predicted octanol–water partition coefficient (Wildman–Crippen LogP) is 5.83. The minimum absolute atomic E-state index is 0.0441. The molecule has 2 aliphatic rings. The smallest absolute Gasteiger partial charge is 0.332 e. The summed E-state index contributed by atoms with van der Waals surface area (Å²) >= 11 is 6.38. The fourth-order valence-corrected chi connectivity index (χ4v) is 5.78. The van der Waals surface area contributed by atoms with E-state index in [2.05, 4.69) is 10.3 Å². The summed E-state index contributed by atoms with van der Waals surface area (Å²) in [5.74, 6) is -0.662.